The standard InChI is InChI=1S/C17H25NO2/c1-20-16-11-7-6-10-15(16)17(19)18-13-12-14-8-4-2-3-5-9-14/h6-7,10-11,14H,2-5,8-9,12-13H2,1H3,(H,18,19). The van der Waals surface area contributed by atoms with Crippen molar-refractivity contribution < 1.29 is 9.53 Å². The van der Waals surface area contributed by atoms with Gasteiger partial charge in [0.25, 0.3) is 5.91 Å². The number of hydrogen-bond donors (Lipinski definition) is 1. The molecule has 20 heavy (non-hydrogen) atoms. The molecule has 1 fully saturated rings. The Balaban J connectivity index is 1.79. The summed E-state index contributed by atoms with van der Waals surface area (Å²) in [4.78, 5) is 12.1. The summed E-state index contributed by atoms with van der Waals surface area (Å²) in [5.41, 5.74) is 0.621. The number of rotatable bonds is 5. The van der Waals surface area contributed by atoms with E-state index in [-0.39, 0.29) is 5.91 Å². The summed E-state index contributed by atoms with van der Waals surface area (Å²) >= 11 is 0. The molecule has 0 radical (unpaired) electrons. The molecular formula is C17H25NO2. The third-order valence-electron chi connectivity index (χ3n) is 4.16. The zero-order chi connectivity index (χ0) is 14.2. The molecule has 1 aromatic rings. The Labute approximate surface area is 121 Å². The van der Waals surface area contributed by atoms with Crippen molar-refractivity contribution in [2.45, 2.75) is 44.9 Å². The third kappa shape index (κ3) is 4.26. The van der Waals surface area contributed by atoms with E-state index < -0.39 is 0 Å². The number of benzene rings is 1. The maximum absolute atomic E-state index is 12.1. The number of methoxy groups -OCH3 is 1. The van der Waals surface area contributed by atoms with E-state index in [4.69, 9.17) is 4.74 Å². The molecule has 3 nitrogen and oxygen atoms in total. The van der Waals surface area contributed by atoms with Gasteiger partial charge in [0.05, 0.1) is 12.7 Å². The van der Waals surface area contributed by atoms with Gasteiger partial charge in [0.1, 0.15) is 5.75 Å². The van der Waals surface area contributed by atoms with Crippen molar-refractivity contribution in [1.29, 1.82) is 0 Å². The van der Waals surface area contributed by atoms with Crippen molar-refractivity contribution in [2.75, 3.05) is 13.7 Å². The third-order valence-corrected chi connectivity index (χ3v) is 4.16. The van der Waals surface area contributed by atoms with Crippen LogP contribution in [0.5, 0.6) is 5.75 Å². The first-order chi connectivity index (χ1) is 9.81. The van der Waals surface area contributed by atoms with Gasteiger partial charge in [-0.2, -0.15) is 0 Å². The van der Waals surface area contributed by atoms with E-state index in [0.717, 1.165) is 18.9 Å². The summed E-state index contributed by atoms with van der Waals surface area (Å²) in [7, 11) is 1.59. The van der Waals surface area contributed by atoms with Crippen LogP contribution < -0.4 is 10.1 Å². The second-order valence-corrected chi connectivity index (χ2v) is 5.60. The second-order valence-electron chi connectivity index (χ2n) is 5.60. The summed E-state index contributed by atoms with van der Waals surface area (Å²) in [5, 5.41) is 3.02. The molecule has 1 aliphatic rings. The Hall–Kier alpha value is -1.51. The van der Waals surface area contributed by atoms with Crippen molar-refractivity contribution in [1.82, 2.24) is 5.32 Å². The minimum absolute atomic E-state index is 0.0314. The van der Waals surface area contributed by atoms with Crippen molar-refractivity contribution in [3.05, 3.63) is 29.8 Å². The Morgan fingerprint density at radius 3 is 2.60 bits per heavy atom. The fourth-order valence-electron chi connectivity index (χ4n) is 2.97. The number of para-hydroxylation sites is 1. The maximum Gasteiger partial charge on any atom is 0.255 e. The maximum atomic E-state index is 12.1. The SMILES string of the molecule is COc1ccccc1C(=O)NCCC1CCCCCC1. The highest BCUT2D eigenvalue weighted by Crippen LogP contribution is 2.25. The van der Waals surface area contributed by atoms with Crippen molar-refractivity contribution in [3.8, 4) is 5.75 Å². The average molecular weight is 275 g/mol. The van der Waals surface area contributed by atoms with Gasteiger partial charge < -0.3 is 10.1 Å². The largest absolute Gasteiger partial charge is 0.496 e. The molecule has 1 aromatic carbocycles. The number of carbonyl (C=O) groups is 1. The van der Waals surface area contributed by atoms with Gasteiger partial charge >= 0.3 is 0 Å². The summed E-state index contributed by atoms with van der Waals surface area (Å²) in [6, 6.07) is 7.36. The van der Waals surface area contributed by atoms with Gasteiger partial charge in [0.15, 0.2) is 0 Å². The number of ether oxygens (including phenoxy) is 1. The fraction of sp³-hybridized carbons (Fsp3) is 0.588. The minimum atomic E-state index is -0.0314. The summed E-state index contributed by atoms with van der Waals surface area (Å²) in [5.74, 6) is 1.39. The van der Waals surface area contributed by atoms with Gasteiger partial charge in [-0.1, -0.05) is 50.7 Å². The quantitative estimate of drug-likeness (QED) is 0.830. The Bertz CT molecular complexity index is 423. The molecule has 0 atom stereocenters. The average Bonchev–Trinajstić information content (AvgIpc) is 2.76. The van der Waals surface area contributed by atoms with Crippen LogP contribution in [0.4, 0.5) is 0 Å². The smallest absolute Gasteiger partial charge is 0.255 e. The van der Waals surface area contributed by atoms with Gasteiger partial charge in [0, 0.05) is 6.54 Å². The van der Waals surface area contributed by atoms with E-state index in [1.54, 1.807) is 13.2 Å². The van der Waals surface area contributed by atoms with Crippen LogP contribution in [-0.4, -0.2) is 19.6 Å². The first kappa shape index (κ1) is 14.9. The van der Waals surface area contributed by atoms with Crippen LogP contribution >= 0.6 is 0 Å². The molecule has 1 N–H and O–H groups in total. The lowest BCUT2D eigenvalue weighted by Gasteiger charge is -2.14. The fourth-order valence-corrected chi connectivity index (χ4v) is 2.97. The van der Waals surface area contributed by atoms with Crippen LogP contribution in [-0.2, 0) is 0 Å². The molecule has 0 unspecified atom stereocenters. The second kappa shape index (κ2) is 7.93. The number of hydrogen-bond acceptors (Lipinski definition) is 2. The molecule has 110 valence electrons. The highest BCUT2D eigenvalue weighted by atomic mass is 16.5. The number of amides is 1. The lowest BCUT2D eigenvalue weighted by molar-refractivity contribution is 0.0948. The molecule has 0 aliphatic heterocycles. The zero-order valence-corrected chi connectivity index (χ0v) is 12.4. The van der Waals surface area contributed by atoms with E-state index in [1.807, 2.05) is 18.2 Å². The van der Waals surface area contributed by atoms with Crippen LogP contribution in [0.1, 0.15) is 55.3 Å². The summed E-state index contributed by atoms with van der Waals surface area (Å²) in [6.45, 7) is 0.765. The normalized spacial score (nSPS) is 16.4. The molecule has 1 saturated carbocycles. The van der Waals surface area contributed by atoms with E-state index in [1.165, 1.54) is 38.5 Å². The van der Waals surface area contributed by atoms with Gasteiger partial charge in [-0.25, -0.2) is 0 Å². The molecule has 2 rings (SSSR count). The summed E-state index contributed by atoms with van der Waals surface area (Å²) < 4.78 is 5.22. The van der Waals surface area contributed by atoms with Crippen LogP contribution in [0.2, 0.25) is 0 Å². The first-order valence-corrected chi connectivity index (χ1v) is 7.72. The Kier molecular flexibility index (Phi) is 5.90. The Morgan fingerprint density at radius 1 is 1.20 bits per heavy atom. The van der Waals surface area contributed by atoms with Crippen LogP contribution in [0.25, 0.3) is 0 Å². The van der Waals surface area contributed by atoms with Crippen molar-refractivity contribution >= 4 is 5.91 Å². The molecule has 0 aromatic heterocycles. The van der Waals surface area contributed by atoms with Gasteiger partial charge in [-0.3, -0.25) is 4.79 Å². The van der Waals surface area contributed by atoms with Gasteiger partial charge in [-0.15, -0.1) is 0 Å². The zero-order valence-electron chi connectivity index (χ0n) is 12.4. The van der Waals surface area contributed by atoms with E-state index in [2.05, 4.69) is 5.32 Å². The highest BCUT2D eigenvalue weighted by molar-refractivity contribution is 5.96. The van der Waals surface area contributed by atoms with Gasteiger partial charge in [-0.05, 0) is 24.5 Å². The van der Waals surface area contributed by atoms with E-state index in [9.17, 15) is 4.79 Å². The lowest BCUT2D eigenvalue weighted by atomic mass is 9.97. The molecular weight excluding hydrogens is 250 g/mol. The van der Waals surface area contributed by atoms with Crippen molar-refractivity contribution in [2.24, 2.45) is 5.92 Å². The molecule has 0 saturated heterocycles. The number of carbonyl (C=O) groups excluding carboxylic acids is 1. The van der Waals surface area contributed by atoms with Crippen LogP contribution in [0.15, 0.2) is 24.3 Å². The summed E-state index contributed by atoms with van der Waals surface area (Å²) in [6.07, 6.45) is 9.21. The molecule has 3 heteroatoms. The molecule has 1 aliphatic carbocycles. The Morgan fingerprint density at radius 2 is 1.90 bits per heavy atom. The molecule has 0 bridgehead atoms. The monoisotopic (exact) mass is 275 g/mol. The molecule has 0 spiro atoms. The first-order valence-electron chi connectivity index (χ1n) is 7.72. The predicted octanol–water partition coefficient (Wildman–Crippen LogP) is 3.79. The molecule has 0 heterocycles. The minimum Gasteiger partial charge on any atom is -0.496 e. The van der Waals surface area contributed by atoms with E-state index >= 15 is 0 Å². The number of nitrogens with one attached hydrogen (secondary N) is 1. The van der Waals surface area contributed by atoms with Gasteiger partial charge in [0.2, 0.25) is 0 Å². The lowest BCUT2D eigenvalue weighted by Crippen LogP contribution is -2.26. The van der Waals surface area contributed by atoms with Crippen molar-refractivity contribution in [3.63, 3.8) is 0 Å². The predicted molar refractivity (Wildman–Crippen MR) is 81.1 cm³/mol. The van der Waals surface area contributed by atoms with E-state index in [0.29, 0.717) is 11.3 Å². The highest BCUT2D eigenvalue weighted by Gasteiger charge is 2.14. The van der Waals surface area contributed by atoms with Crippen LogP contribution in [0.3, 0.4) is 0 Å². The van der Waals surface area contributed by atoms with Crippen LogP contribution in [0, 0.1) is 5.92 Å². The molecule has 1 amide bonds. The topological polar surface area (TPSA) is 38.3 Å².